The van der Waals surface area contributed by atoms with Crippen LogP contribution in [-0.4, -0.2) is 39.5 Å². The van der Waals surface area contributed by atoms with E-state index in [9.17, 15) is 9.90 Å². The molecule has 0 spiro atoms. The summed E-state index contributed by atoms with van der Waals surface area (Å²) in [5.41, 5.74) is 11.4. The van der Waals surface area contributed by atoms with E-state index in [0.717, 1.165) is 33.8 Å². The fourth-order valence-electron chi connectivity index (χ4n) is 4.11. The zero-order chi connectivity index (χ0) is 25.8. The van der Waals surface area contributed by atoms with Crippen molar-refractivity contribution < 1.29 is 19.4 Å². The number of nitrogens with two attached hydrogens (primary N) is 1. The van der Waals surface area contributed by atoms with E-state index >= 15 is 0 Å². The first-order valence-corrected chi connectivity index (χ1v) is 11.6. The first-order valence-electron chi connectivity index (χ1n) is 11.6. The number of benzene rings is 2. The lowest BCUT2D eigenvalue weighted by Crippen LogP contribution is -2.20. The summed E-state index contributed by atoms with van der Waals surface area (Å²) in [5.74, 6) is 0.440. The monoisotopic (exact) mass is 487 g/mol. The van der Waals surface area contributed by atoms with Crippen molar-refractivity contribution >= 4 is 29.0 Å². The molecule has 9 nitrogen and oxygen atoms in total. The van der Waals surface area contributed by atoms with Gasteiger partial charge in [0.25, 0.3) is 5.91 Å². The van der Waals surface area contributed by atoms with Crippen LogP contribution in [0, 0.1) is 19.3 Å². The zero-order valence-corrected chi connectivity index (χ0v) is 20.5. The predicted octanol–water partition coefficient (Wildman–Crippen LogP) is 4.14. The van der Waals surface area contributed by atoms with Crippen molar-refractivity contribution in [1.82, 2.24) is 9.38 Å². The lowest BCUT2D eigenvalue weighted by molar-refractivity contribution is -0.119. The molecule has 0 saturated carbocycles. The van der Waals surface area contributed by atoms with Gasteiger partial charge < -0.3 is 25.6 Å². The molecule has 9 heteroatoms. The van der Waals surface area contributed by atoms with Crippen LogP contribution in [-0.2, 0) is 11.2 Å². The van der Waals surface area contributed by atoms with Crippen molar-refractivity contribution in [1.29, 1.82) is 5.41 Å². The minimum atomic E-state index is -0.627. The molecule has 2 aromatic carbocycles. The van der Waals surface area contributed by atoms with E-state index in [-0.39, 0.29) is 12.5 Å². The van der Waals surface area contributed by atoms with E-state index in [2.05, 4.69) is 5.32 Å². The summed E-state index contributed by atoms with van der Waals surface area (Å²) in [6.07, 6.45) is 2.51. The van der Waals surface area contributed by atoms with Gasteiger partial charge in [-0.05, 0) is 55.2 Å². The molecule has 0 aliphatic heterocycles. The molecule has 186 valence electrons. The van der Waals surface area contributed by atoms with E-state index < -0.39 is 12.5 Å². The Balaban J connectivity index is 1.96. The highest BCUT2D eigenvalue weighted by atomic mass is 16.5. The van der Waals surface area contributed by atoms with Gasteiger partial charge in [0.05, 0.1) is 0 Å². The van der Waals surface area contributed by atoms with Gasteiger partial charge in [-0.3, -0.25) is 14.6 Å². The SMILES string of the molecule is CCc1cc(OC(=N)CO)cc(OCC(N)=O)c1-c1nc2ccccn2c1Nc1c(C)cccc1C. The molecule has 0 aliphatic rings. The van der Waals surface area contributed by atoms with Gasteiger partial charge in [-0.1, -0.05) is 31.2 Å². The molecule has 36 heavy (non-hydrogen) atoms. The number of hydrogen-bond donors (Lipinski definition) is 4. The molecule has 0 atom stereocenters. The Morgan fingerprint density at radius 3 is 2.58 bits per heavy atom. The Bertz CT molecular complexity index is 1420. The number of pyridine rings is 1. The van der Waals surface area contributed by atoms with E-state index in [1.807, 2.05) is 67.8 Å². The summed E-state index contributed by atoms with van der Waals surface area (Å²) >= 11 is 0. The number of rotatable bonds is 9. The van der Waals surface area contributed by atoms with E-state index in [1.165, 1.54) is 0 Å². The van der Waals surface area contributed by atoms with Crippen molar-refractivity contribution in [3.05, 3.63) is 71.4 Å². The van der Waals surface area contributed by atoms with E-state index in [4.69, 9.17) is 25.6 Å². The number of nitrogens with one attached hydrogen (secondary N) is 2. The molecule has 2 heterocycles. The first kappa shape index (κ1) is 24.7. The van der Waals surface area contributed by atoms with Crippen molar-refractivity contribution in [3.63, 3.8) is 0 Å². The number of hydrogen-bond acceptors (Lipinski definition) is 7. The van der Waals surface area contributed by atoms with Gasteiger partial charge in [-0.25, -0.2) is 4.98 Å². The summed E-state index contributed by atoms with van der Waals surface area (Å²) in [6, 6.07) is 15.2. The third-order valence-electron chi connectivity index (χ3n) is 5.78. The molecule has 2 aromatic heterocycles. The number of aliphatic hydroxyl groups is 1. The van der Waals surface area contributed by atoms with Gasteiger partial charge in [0.1, 0.15) is 35.3 Å². The third-order valence-corrected chi connectivity index (χ3v) is 5.78. The van der Waals surface area contributed by atoms with Crippen LogP contribution in [0.4, 0.5) is 11.5 Å². The summed E-state index contributed by atoms with van der Waals surface area (Å²) in [4.78, 5) is 16.5. The lowest BCUT2D eigenvalue weighted by atomic mass is 10.00. The molecule has 0 radical (unpaired) electrons. The predicted molar refractivity (Wildman–Crippen MR) is 139 cm³/mol. The summed E-state index contributed by atoms with van der Waals surface area (Å²) in [5, 5.41) is 20.5. The standard InChI is InChI=1S/C27H29N5O4/c1-4-18-12-19(36-22(29)14-33)13-20(35-15-21(28)34)24(18)26-27(32-11-6-5-10-23(32)30-26)31-25-16(2)8-7-9-17(25)3/h5-13,29,31,33H,4,14-15H2,1-3H3,(H2,28,34). The van der Waals surface area contributed by atoms with Crippen LogP contribution in [0.2, 0.25) is 0 Å². The summed E-state index contributed by atoms with van der Waals surface area (Å²) in [6.45, 7) is 5.17. The fourth-order valence-corrected chi connectivity index (χ4v) is 4.11. The highest BCUT2D eigenvalue weighted by Crippen LogP contribution is 2.42. The Hall–Kier alpha value is -4.37. The van der Waals surface area contributed by atoms with Crippen LogP contribution in [0.1, 0.15) is 23.6 Å². The largest absolute Gasteiger partial charge is 0.483 e. The highest BCUT2D eigenvalue weighted by molar-refractivity contribution is 5.87. The molecule has 0 bridgehead atoms. The fraction of sp³-hybridized carbons (Fsp3) is 0.222. The second-order valence-corrected chi connectivity index (χ2v) is 8.38. The number of nitrogens with zero attached hydrogens (tertiary/aromatic N) is 2. The number of fused-ring (bicyclic) bond motifs is 1. The van der Waals surface area contributed by atoms with Gasteiger partial charge in [-0.2, -0.15) is 0 Å². The van der Waals surface area contributed by atoms with Crippen LogP contribution in [0.5, 0.6) is 11.5 Å². The number of aromatic nitrogens is 2. The molecule has 0 saturated heterocycles. The van der Waals surface area contributed by atoms with Crippen LogP contribution in [0.15, 0.2) is 54.7 Å². The number of aryl methyl sites for hydroxylation is 3. The number of anilines is 2. The lowest BCUT2D eigenvalue weighted by Gasteiger charge is -2.18. The van der Waals surface area contributed by atoms with Crippen LogP contribution in [0.3, 0.4) is 0 Å². The van der Waals surface area contributed by atoms with Crippen LogP contribution in [0.25, 0.3) is 16.9 Å². The molecule has 5 N–H and O–H groups in total. The number of amides is 1. The number of aliphatic hydroxyl groups excluding tert-OH is 1. The molecule has 1 amide bonds. The van der Waals surface area contributed by atoms with Crippen LogP contribution >= 0.6 is 0 Å². The Labute approximate surface area is 209 Å². The second kappa shape index (κ2) is 10.5. The molecule has 0 fully saturated rings. The number of ether oxygens (including phenoxy) is 2. The Kier molecular flexibility index (Phi) is 7.21. The van der Waals surface area contributed by atoms with Gasteiger partial charge in [-0.15, -0.1) is 0 Å². The molecular formula is C27H29N5O4. The molecule has 4 rings (SSSR count). The number of imidazole rings is 1. The quantitative estimate of drug-likeness (QED) is 0.207. The van der Waals surface area contributed by atoms with Crippen LogP contribution < -0.4 is 20.5 Å². The van der Waals surface area contributed by atoms with Crippen molar-refractivity contribution in [2.24, 2.45) is 5.73 Å². The van der Waals surface area contributed by atoms with Gasteiger partial charge in [0.15, 0.2) is 6.61 Å². The number of carbonyl (C=O) groups is 1. The van der Waals surface area contributed by atoms with Crippen molar-refractivity contribution in [2.75, 3.05) is 18.5 Å². The number of carbonyl (C=O) groups excluding carboxylic acids is 1. The Morgan fingerprint density at radius 1 is 1.17 bits per heavy atom. The number of primary amides is 1. The maximum atomic E-state index is 11.6. The second-order valence-electron chi connectivity index (χ2n) is 8.38. The van der Waals surface area contributed by atoms with Gasteiger partial charge in [0.2, 0.25) is 5.90 Å². The molecule has 4 aromatic rings. The normalized spacial score (nSPS) is 10.9. The first-order chi connectivity index (χ1) is 17.3. The smallest absolute Gasteiger partial charge is 0.255 e. The third kappa shape index (κ3) is 5.01. The maximum Gasteiger partial charge on any atom is 0.255 e. The average Bonchev–Trinajstić information content (AvgIpc) is 3.22. The van der Waals surface area contributed by atoms with Crippen molar-refractivity contribution in [3.8, 4) is 22.8 Å². The van der Waals surface area contributed by atoms with Gasteiger partial charge >= 0.3 is 0 Å². The molecule has 0 unspecified atom stereocenters. The summed E-state index contributed by atoms with van der Waals surface area (Å²) < 4.78 is 13.3. The average molecular weight is 488 g/mol. The van der Waals surface area contributed by atoms with Crippen molar-refractivity contribution in [2.45, 2.75) is 27.2 Å². The topological polar surface area (TPSA) is 135 Å². The minimum absolute atomic E-state index is 0.308. The minimum Gasteiger partial charge on any atom is -0.483 e. The summed E-state index contributed by atoms with van der Waals surface area (Å²) in [7, 11) is 0. The number of para-hydroxylation sites is 1. The molecular weight excluding hydrogens is 458 g/mol. The van der Waals surface area contributed by atoms with E-state index in [1.54, 1.807) is 12.1 Å². The van der Waals surface area contributed by atoms with Gasteiger partial charge in [0, 0.05) is 23.5 Å². The zero-order valence-electron chi connectivity index (χ0n) is 20.5. The Morgan fingerprint density at radius 2 is 1.92 bits per heavy atom. The van der Waals surface area contributed by atoms with E-state index in [0.29, 0.717) is 29.2 Å². The highest BCUT2D eigenvalue weighted by Gasteiger charge is 2.23. The maximum absolute atomic E-state index is 11.6. The molecule has 0 aliphatic carbocycles.